The minimum Gasteiger partial charge on any atom is -0.347 e. The third kappa shape index (κ3) is 4.83. The Hall–Kier alpha value is -2.85. The maximum atomic E-state index is 12.8. The Morgan fingerprint density at radius 3 is 2.85 bits per heavy atom. The minimum atomic E-state index is -0.155. The monoisotopic (exact) mass is 498 g/mol. The van der Waals surface area contributed by atoms with E-state index in [2.05, 4.69) is 48.9 Å². The number of aromatic nitrogens is 7. The Bertz CT molecular complexity index is 1280. The first kappa shape index (κ1) is 22.9. The van der Waals surface area contributed by atoms with E-state index in [9.17, 15) is 4.79 Å². The molecule has 1 fully saturated rings. The van der Waals surface area contributed by atoms with E-state index < -0.39 is 0 Å². The Balaban J connectivity index is 1.48. The molecule has 0 unspecified atom stereocenters. The molecule has 0 saturated heterocycles. The van der Waals surface area contributed by atoms with Crippen molar-refractivity contribution in [1.29, 1.82) is 0 Å². The van der Waals surface area contributed by atoms with Crippen LogP contribution < -0.4 is 5.32 Å². The smallest absolute Gasteiger partial charge is 0.280 e. The molecular weight excluding hydrogens is 472 g/mol. The number of nitrogens with one attached hydrogen (secondary N) is 2. The first-order valence-corrected chi connectivity index (χ1v) is 12.8. The molecule has 4 aromatic rings. The fourth-order valence-electron chi connectivity index (χ4n) is 4.73. The standard InChI is InChI=1S/C23H27ClN8OS/c1-13(2)7-20-30-17-10-25-16(21-27-12-28-31-21)9-18(17)32(20)15-6-4-3-5-14(8-15)29-22(33)23-26-11-19(24)34-23/h9-15H,3-8H2,1-2H3,(H,29,33)(H,27,28,31)/t14-,15+/m0/s1. The summed E-state index contributed by atoms with van der Waals surface area (Å²) in [7, 11) is 0. The van der Waals surface area contributed by atoms with Gasteiger partial charge in [-0.25, -0.2) is 15.0 Å². The number of aromatic amines is 1. The number of carbonyl (C=O) groups is 1. The number of amides is 1. The van der Waals surface area contributed by atoms with Gasteiger partial charge in [-0.2, -0.15) is 5.10 Å². The second-order valence-corrected chi connectivity index (χ2v) is 10.9. The molecule has 2 atom stereocenters. The van der Waals surface area contributed by atoms with E-state index in [1.54, 1.807) is 0 Å². The van der Waals surface area contributed by atoms with Crippen LogP contribution in [0.4, 0.5) is 0 Å². The van der Waals surface area contributed by atoms with Gasteiger partial charge in [0.15, 0.2) is 10.8 Å². The number of hydrogen-bond acceptors (Lipinski definition) is 7. The third-order valence-electron chi connectivity index (χ3n) is 6.17. The highest BCUT2D eigenvalue weighted by Gasteiger charge is 2.27. The molecule has 178 valence electrons. The summed E-state index contributed by atoms with van der Waals surface area (Å²) in [5, 5.41) is 10.5. The number of H-pyrrole nitrogens is 1. The van der Waals surface area contributed by atoms with Crippen LogP contribution in [0.5, 0.6) is 0 Å². The van der Waals surface area contributed by atoms with E-state index in [0.29, 0.717) is 21.1 Å². The van der Waals surface area contributed by atoms with Gasteiger partial charge in [0.25, 0.3) is 5.91 Å². The quantitative estimate of drug-likeness (QED) is 0.368. The number of rotatable bonds is 6. The Morgan fingerprint density at radius 2 is 2.12 bits per heavy atom. The van der Waals surface area contributed by atoms with Gasteiger partial charge in [0, 0.05) is 18.5 Å². The van der Waals surface area contributed by atoms with Gasteiger partial charge < -0.3 is 9.88 Å². The second kappa shape index (κ2) is 9.79. The van der Waals surface area contributed by atoms with Crippen LogP contribution in [-0.2, 0) is 6.42 Å². The molecular formula is C23H27ClN8OS. The highest BCUT2D eigenvalue weighted by Crippen LogP contribution is 2.34. The van der Waals surface area contributed by atoms with Gasteiger partial charge in [-0.15, -0.1) is 0 Å². The van der Waals surface area contributed by atoms with Crippen molar-refractivity contribution in [2.45, 2.75) is 64.5 Å². The van der Waals surface area contributed by atoms with E-state index in [-0.39, 0.29) is 18.0 Å². The molecule has 11 heteroatoms. The summed E-state index contributed by atoms with van der Waals surface area (Å²) in [6, 6.07) is 2.32. The van der Waals surface area contributed by atoms with Crippen LogP contribution in [0.15, 0.2) is 24.8 Å². The van der Waals surface area contributed by atoms with Crippen LogP contribution >= 0.6 is 22.9 Å². The maximum Gasteiger partial charge on any atom is 0.280 e. The highest BCUT2D eigenvalue weighted by atomic mass is 35.5. The number of hydrogen-bond donors (Lipinski definition) is 2. The number of halogens is 1. The summed E-state index contributed by atoms with van der Waals surface area (Å²) < 4.78 is 2.89. The van der Waals surface area contributed by atoms with Crippen molar-refractivity contribution >= 4 is 39.9 Å². The Morgan fingerprint density at radius 1 is 1.26 bits per heavy atom. The van der Waals surface area contributed by atoms with Crippen molar-refractivity contribution in [3.05, 3.63) is 40.0 Å². The van der Waals surface area contributed by atoms with E-state index in [1.165, 1.54) is 23.9 Å². The largest absolute Gasteiger partial charge is 0.347 e. The van der Waals surface area contributed by atoms with Crippen LogP contribution in [-0.4, -0.2) is 46.6 Å². The van der Waals surface area contributed by atoms with E-state index >= 15 is 0 Å². The minimum absolute atomic E-state index is 0.0580. The molecule has 1 aliphatic rings. The van der Waals surface area contributed by atoms with Crippen LogP contribution in [0.2, 0.25) is 4.34 Å². The fraction of sp³-hybridized carbons (Fsp3) is 0.478. The van der Waals surface area contributed by atoms with Crippen LogP contribution in [0, 0.1) is 5.92 Å². The average Bonchev–Trinajstić information content (AvgIpc) is 3.52. The van der Waals surface area contributed by atoms with Crippen molar-refractivity contribution < 1.29 is 4.79 Å². The third-order valence-corrected chi connectivity index (χ3v) is 7.28. The molecule has 2 N–H and O–H groups in total. The summed E-state index contributed by atoms with van der Waals surface area (Å²) in [5.41, 5.74) is 2.66. The van der Waals surface area contributed by atoms with Gasteiger partial charge in [0.1, 0.15) is 27.7 Å². The lowest BCUT2D eigenvalue weighted by Gasteiger charge is -2.25. The van der Waals surface area contributed by atoms with Gasteiger partial charge in [-0.05, 0) is 31.2 Å². The van der Waals surface area contributed by atoms with Gasteiger partial charge in [-0.1, -0.05) is 49.6 Å². The Labute approximate surface area is 206 Å². The highest BCUT2D eigenvalue weighted by molar-refractivity contribution is 7.17. The average molecular weight is 499 g/mol. The van der Waals surface area contributed by atoms with Gasteiger partial charge >= 0.3 is 0 Å². The molecule has 0 radical (unpaired) electrons. The molecule has 1 amide bonds. The predicted octanol–water partition coefficient (Wildman–Crippen LogP) is 4.83. The summed E-state index contributed by atoms with van der Waals surface area (Å²) >= 11 is 7.18. The first-order valence-electron chi connectivity index (χ1n) is 11.6. The lowest BCUT2D eigenvalue weighted by molar-refractivity contribution is 0.0930. The van der Waals surface area contributed by atoms with Gasteiger partial charge in [0.05, 0.1) is 17.9 Å². The molecule has 34 heavy (non-hydrogen) atoms. The zero-order valence-electron chi connectivity index (χ0n) is 19.2. The molecule has 4 heterocycles. The summed E-state index contributed by atoms with van der Waals surface area (Å²) in [5.74, 6) is 2.00. The fourth-order valence-corrected chi connectivity index (χ4v) is 5.55. The maximum absolute atomic E-state index is 12.8. The van der Waals surface area contributed by atoms with Crippen LogP contribution in [0.3, 0.4) is 0 Å². The van der Waals surface area contributed by atoms with Crippen LogP contribution in [0.1, 0.15) is 67.6 Å². The number of nitrogens with zero attached hydrogens (tertiary/aromatic N) is 6. The zero-order valence-corrected chi connectivity index (χ0v) is 20.7. The number of fused-ring (bicyclic) bond motifs is 1. The lowest BCUT2D eigenvalue weighted by atomic mass is 10.0. The van der Waals surface area contributed by atoms with E-state index in [4.69, 9.17) is 16.6 Å². The number of imidazole rings is 1. The van der Waals surface area contributed by atoms with Crippen molar-refractivity contribution in [3.63, 3.8) is 0 Å². The van der Waals surface area contributed by atoms with Gasteiger partial charge in [0.2, 0.25) is 0 Å². The molecule has 4 aromatic heterocycles. The lowest BCUT2D eigenvalue weighted by Crippen LogP contribution is -2.36. The Kier molecular flexibility index (Phi) is 6.60. The van der Waals surface area contributed by atoms with Crippen LogP contribution in [0.25, 0.3) is 22.6 Å². The topological polar surface area (TPSA) is 114 Å². The summed E-state index contributed by atoms with van der Waals surface area (Å²) in [4.78, 5) is 30.7. The SMILES string of the molecule is CC(C)Cc1nc2cnc(-c3ncn[nH]3)cc2n1[C@@H]1CCCC[C@H](NC(=O)c2ncc(Cl)s2)C1. The molecule has 1 saturated carbocycles. The van der Waals surface area contributed by atoms with Crippen molar-refractivity contribution in [2.24, 2.45) is 5.92 Å². The van der Waals surface area contributed by atoms with Gasteiger partial charge in [-0.3, -0.25) is 14.9 Å². The second-order valence-electron chi connectivity index (χ2n) is 9.20. The molecule has 5 rings (SSSR count). The molecule has 9 nitrogen and oxygen atoms in total. The van der Waals surface area contributed by atoms with Crippen molar-refractivity contribution in [2.75, 3.05) is 0 Å². The summed E-state index contributed by atoms with van der Waals surface area (Å²) in [6.07, 6.45) is 10.7. The normalized spacial score (nSPS) is 18.9. The molecule has 0 aliphatic heterocycles. The summed E-state index contributed by atoms with van der Waals surface area (Å²) in [6.45, 7) is 4.41. The van der Waals surface area contributed by atoms with Crippen molar-refractivity contribution in [3.8, 4) is 11.5 Å². The molecule has 1 aliphatic carbocycles. The molecule has 0 spiro atoms. The zero-order chi connectivity index (χ0) is 23.7. The van der Waals surface area contributed by atoms with E-state index in [0.717, 1.165) is 61.1 Å². The number of carbonyl (C=O) groups excluding carboxylic acids is 1. The first-order chi connectivity index (χ1) is 16.5. The number of thiazole rings is 1. The molecule has 0 bridgehead atoms. The molecule has 0 aromatic carbocycles. The van der Waals surface area contributed by atoms with E-state index in [1.807, 2.05) is 12.3 Å². The van der Waals surface area contributed by atoms with Crippen molar-refractivity contribution in [1.82, 2.24) is 40.0 Å². The number of pyridine rings is 1. The predicted molar refractivity (Wildman–Crippen MR) is 132 cm³/mol.